The van der Waals surface area contributed by atoms with Gasteiger partial charge in [0.2, 0.25) is 11.8 Å². The highest BCUT2D eigenvalue weighted by Gasteiger charge is 2.43. The summed E-state index contributed by atoms with van der Waals surface area (Å²) in [6.45, 7) is 1.95. The molecule has 2 amide bonds. The van der Waals surface area contributed by atoms with E-state index in [4.69, 9.17) is 16.3 Å². The maximum atomic E-state index is 13.1. The van der Waals surface area contributed by atoms with E-state index >= 15 is 0 Å². The number of halogens is 1. The molecule has 0 saturated carbocycles. The Balaban J connectivity index is 1.22. The van der Waals surface area contributed by atoms with Crippen LogP contribution in [-0.4, -0.2) is 36.3 Å². The van der Waals surface area contributed by atoms with Gasteiger partial charge in [-0.15, -0.1) is 0 Å². The molecule has 3 aromatic rings. The van der Waals surface area contributed by atoms with Gasteiger partial charge in [0.1, 0.15) is 6.04 Å². The molecule has 2 heterocycles. The second kappa shape index (κ2) is 10.2. The predicted molar refractivity (Wildman–Crippen MR) is 136 cm³/mol. The van der Waals surface area contributed by atoms with Crippen molar-refractivity contribution in [3.8, 4) is 0 Å². The fraction of sp³-hybridized carbons (Fsp3) is 0.286. The lowest BCUT2D eigenvalue weighted by atomic mass is 9.84. The van der Waals surface area contributed by atoms with E-state index < -0.39 is 6.04 Å². The first-order valence-corrected chi connectivity index (χ1v) is 12.3. The molecule has 0 radical (unpaired) electrons. The smallest absolute Gasteiger partial charge is 0.246 e. The summed E-state index contributed by atoms with van der Waals surface area (Å²) < 4.78 is 6.22. The van der Waals surface area contributed by atoms with Crippen LogP contribution in [0, 0.1) is 0 Å². The molecule has 3 aromatic carbocycles. The molecule has 7 heteroatoms. The van der Waals surface area contributed by atoms with Crippen LogP contribution in [0.4, 0.5) is 5.69 Å². The number of nitrogens with zero attached hydrogens (tertiary/aromatic N) is 1. The second-order valence-corrected chi connectivity index (χ2v) is 9.48. The van der Waals surface area contributed by atoms with Crippen molar-refractivity contribution in [2.75, 3.05) is 25.0 Å². The van der Waals surface area contributed by atoms with Crippen molar-refractivity contribution in [1.82, 2.24) is 10.2 Å². The summed E-state index contributed by atoms with van der Waals surface area (Å²) in [6.07, 6.45) is 1.55. The Hall–Kier alpha value is -3.19. The summed E-state index contributed by atoms with van der Waals surface area (Å²) >= 11 is 5.95. The fourth-order valence-electron chi connectivity index (χ4n) is 4.97. The van der Waals surface area contributed by atoms with Crippen LogP contribution >= 0.6 is 11.6 Å². The highest BCUT2D eigenvalue weighted by Crippen LogP contribution is 2.43. The van der Waals surface area contributed by atoms with Crippen LogP contribution in [0.5, 0.6) is 0 Å². The molecule has 0 aliphatic carbocycles. The molecule has 1 atom stereocenters. The number of amides is 2. The monoisotopic (exact) mass is 489 g/mol. The number of ether oxygens (including phenoxy) is 1. The molecule has 0 bridgehead atoms. The second-order valence-electron chi connectivity index (χ2n) is 9.04. The van der Waals surface area contributed by atoms with Gasteiger partial charge in [0.15, 0.2) is 0 Å². The SMILES string of the molecule is O=C(Nc1ccc(Cl)cc1)C(NCC(=O)N1CCC2(CC1)OCc1ccccc12)c1ccccc1. The number of rotatable bonds is 6. The van der Waals surface area contributed by atoms with Crippen LogP contribution in [-0.2, 0) is 26.5 Å². The highest BCUT2D eigenvalue weighted by molar-refractivity contribution is 6.30. The lowest BCUT2D eigenvalue weighted by molar-refractivity contribution is -0.137. The van der Waals surface area contributed by atoms with E-state index in [2.05, 4.69) is 28.8 Å². The summed E-state index contributed by atoms with van der Waals surface area (Å²) in [4.78, 5) is 28.1. The van der Waals surface area contributed by atoms with Gasteiger partial charge in [-0.3, -0.25) is 14.9 Å². The third-order valence-corrected chi connectivity index (χ3v) is 7.15. The molecule has 1 fully saturated rings. The first kappa shape index (κ1) is 23.5. The summed E-state index contributed by atoms with van der Waals surface area (Å²) in [6, 6.07) is 24.0. The Morgan fingerprint density at radius 2 is 1.63 bits per heavy atom. The zero-order chi connectivity index (χ0) is 24.3. The maximum Gasteiger partial charge on any atom is 0.246 e. The van der Waals surface area contributed by atoms with Crippen LogP contribution in [0.1, 0.15) is 35.6 Å². The third-order valence-electron chi connectivity index (χ3n) is 6.90. The quantitative estimate of drug-likeness (QED) is 0.528. The lowest BCUT2D eigenvalue weighted by Crippen LogP contribution is -2.48. The van der Waals surface area contributed by atoms with Crippen LogP contribution in [0.15, 0.2) is 78.9 Å². The summed E-state index contributed by atoms with van der Waals surface area (Å²) in [7, 11) is 0. The molecular formula is C28H28ClN3O3. The molecule has 1 spiro atoms. The van der Waals surface area contributed by atoms with Crippen molar-refractivity contribution in [2.24, 2.45) is 0 Å². The maximum absolute atomic E-state index is 13.1. The molecule has 5 rings (SSSR count). The molecule has 2 N–H and O–H groups in total. The standard InChI is InChI=1S/C28H28ClN3O3/c29-22-10-12-23(13-11-22)31-27(34)26(20-6-2-1-3-7-20)30-18-25(33)32-16-14-28(15-17-32)24-9-5-4-8-21(24)19-35-28/h1-13,26,30H,14-19H2,(H,31,34). The highest BCUT2D eigenvalue weighted by atomic mass is 35.5. The average Bonchev–Trinajstić information content (AvgIpc) is 3.24. The van der Waals surface area contributed by atoms with Crippen molar-refractivity contribution < 1.29 is 14.3 Å². The first-order chi connectivity index (χ1) is 17.0. The Morgan fingerprint density at radius 3 is 2.37 bits per heavy atom. The van der Waals surface area contributed by atoms with E-state index in [0.717, 1.165) is 18.4 Å². The van der Waals surface area contributed by atoms with Crippen LogP contribution in [0.25, 0.3) is 0 Å². The fourth-order valence-corrected chi connectivity index (χ4v) is 5.10. The molecule has 0 aromatic heterocycles. The van der Waals surface area contributed by atoms with Gasteiger partial charge in [-0.05, 0) is 53.8 Å². The van der Waals surface area contributed by atoms with Gasteiger partial charge >= 0.3 is 0 Å². The minimum Gasteiger partial charge on any atom is -0.365 e. The largest absolute Gasteiger partial charge is 0.365 e. The number of fused-ring (bicyclic) bond motifs is 2. The Kier molecular flexibility index (Phi) is 6.86. The molecule has 6 nitrogen and oxygen atoms in total. The minimum absolute atomic E-state index is 0.0219. The Bertz CT molecular complexity index is 1190. The minimum atomic E-state index is -0.669. The van der Waals surface area contributed by atoms with Gasteiger partial charge in [0.05, 0.1) is 18.8 Å². The van der Waals surface area contributed by atoms with E-state index in [1.807, 2.05) is 41.3 Å². The van der Waals surface area contributed by atoms with Gasteiger partial charge in [-0.1, -0.05) is 66.2 Å². The van der Waals surface area contributed by atoms with Crippen molar-refractivity contribution in [3.63, 3.8) is 0 Å². The first-order valence-electron chi connectivity index (χ1n) is 11.9. The summed E-state index contributed by atoms with van der Waals surface area (Å²) in [5, 5.41) is 6.69. The Labute approximate surface area is 210 Å². The van der Waals surface area contributed by atoms with Crippen LogP contribution in [0.2, 0.25) is 5.02 Å². The van der Waals surface area contributed by atoms with E-state index in [9.17, 15) is 9.59 Å². The number of anilines is 1. The van der Waals surface area contributed by atoms with E-state index in [1.54, 1.807) is 24.3 Å². The lowest BCUT2D eigenvalue weighted by Gasteiger charge is -2.39. The van der Waals surface area contributed by atoms with Crippen molar-refractivity contribution in [1.29, 1.82) is 0 Å². The van der Waals surface area contributed by atoms with Gasteiger partial charge in [-0.2, -0.15) is 0 Å². The zero-order valence-corrected chi connectivity index (χ0v) is 20.1. The third kappa shape index (κ3) is 5.10. The van der Waals surface area contributed by atoms with E-state index in [-0.39, 0.29) is 24.0 Å². The number of benzene rings is 3. The number of likely N-dealkylation sites (tertiary alicyclic amines) is 1. The van der Waals surface area contributed by atoms with Gasteiger partial charge < -0.3 is 15.0 Å². The van der Waals surface area contributed by atoms with Crippen LogP contribution < -0.4 is 10.6 Å². The molecule has 2 aliphatic heterocycles. The van der Waals surface area contributed by atoms with Crippen molar-refractivity contribution in [2.45, 2.75) is 31.1 Å². The Morgan fingerprint density at radius 1 is 0.943 bits per heavy atom. The molecule has 1 unspecified atom stereocenters. The van der Waals surface area contributed by atoms with Crippen molar-refractivity contribution in [3.05, 3.63) is 101 Å². The van der Waals surface area contributed by atoms with Gasteiger partial charge in [-0.25, -0.2) is 0 Å². The summed E-state index contributed by atoms with van der Waals surface area (Å²) in [5.74, 6) is -0.258. The molecular weight excluding hydrogens is 462 g/mol. The number of carbonyl (C=O) groups is 2. The number of carbonyl (C=O) groups excluding carboxylic acids is 2. The van der Waals surface area contributed by atoms with E-state index in [0.29, 0.717) is 30.4 Å². The normalized spacial score (nSPS) is 17.1. The number of piperidine rings is 1. The van der Waals surface area contributed by atoms with Gasteiger partial charge in [0, 0.05) is 23.8 Å². The molecule has 1 saturated heterocycles. The topological polar surface area (TPSA) is 70.7 Å². The number of hydrogen-bond donors (Lipinski definition) is 2. The number of nitrogens with one attached hydrogen (secondary N) is 2. The number of hydrogen-bond acceptors (Lipinski definition) is 4. The van der Waals surface area contributed by atoms with Gasteiger partial charge in [0.25, 0.3) is 0 Å². The van der Waals surface area contributed by atoms with Crippen LogP contribution in [0.3, 0.4) is 0 Å². The summed E-state index contributed by atoms with van der Waals surface area (Å²) in [5.41, 5.74) is 3.65. The molecule has 180 valence electrons. The molecule has 2 aliphatic rings. The zero-order valence-electron chi connectivity index (χ0n) is 19.4. The van der Waals surface area contributed by atoms with Crippen molar-refractivity contribution >= 4 is 29.1 Å². The average molecular weight is 490 g/mol. The van der Waals surface area contributed by atoms with E-state index in [1.165, 1.54) is 11.1 Å². The molecule has 35 heavy (non-hydrogen) atoms. The predicted octanol–water partition coefficient (Wildman–Crippen LogP) is 4.66.